The van der Waals surface area contributed by atoms with Crippen molar-refractivity contribution in [2.24, 2.45) is 0 Å². The van der Waals surface area contributed by atoms with Gasteiger partial charge in [0.25, 0.3) is 5.91 Å². The number of benzene rings is 1. The molecule has 1 aromatic carbocycles. The number of rotatable bonds is 3. The van der Waals surface area contributed by atoms with Crippen molar-refractivity contribution in [3.8, 4) is 0 Å². The lowest BCUT2D eigenvalue weighted by molar-refractivity contribution is -0.136. The Hall–Kier alpha value is -2.48. The van der Waals surface area contributed by atoms with E-state index in [0.29, 0.717) is 26.1 Å². The lowest BCUT2D eigenvalue weighted by atomic mass is 9.90. The third-order valence-corrected chi connectivity index (χ3v) is 4.00. The Morgan fingerprint density at radius 3 is 2.78 bits per heavy atom. The maximum Gasteiger partial charge on any atom is 0.325 e. The number of ether oxygens (including phenoxy) is 1. The molecule has 2 fully saturated rings. The van der Waals surface area contributed by atoms with E-state index in [4.69, 9.17) is 4.74 Å². The molecule has 4 amide bonds. The van der Waals surface area contributed by atoms with Crippen molar-refractivity contribution in [3.63, 3.8) is 0 Å². The second-order valence-electron chi connectivity index (χ2n) is 5.57. The van der Waals surface area contributed by atoms with E-state index in [2.05, 4.69) is 10.6 Å². The molecule has 0 atom stereocenters. The van der Waals surface area contributed by atoms with Gasteiger partial charge >= 0.3 is 6.03 Å². The minimum atomic E-state index is -0.964. The van der Waals surface area contributed by atoms with Gasteiger partial charge in [0, 0.05) is 31.7 Å². The highest BCUT2D eigenvalue weighted by Gasteiger charge is 2.52. The van der Waals surface area contributed by atoms with E-state index >= 15 is 0 Å². The number of carbonyl (C=O) groups excluding carboxylic acids is 3. The number of hydrogen-bond acceptors (Lipinski definition) is 4. The van der Waals surface area contributed by atoms with Crippen LogP contribution in [-0.4, -0.2) is 48.0 Å². The van der Waals surface area contributed by atoms with E-state index in [-0.39, 0.29) is 5.69 Å². The Bertz CT molecular complexity index is 658. The summed E-state index contributed by atoms with van der Waals surface area (Å²) in [5, 5.41) is 5.13. The predicted molar refractivity (Wildman–Crippen MR) is 78.1 cm³/mol. The number of anilines is 1. The molecule has 0 unspecified atom stereocenters. The highest BCUT2D eigenvalue weighted by atomic mass is 19.1. The summed E-state index contributed by atoms with van der Waals surface area (Å²) in [7, 11) is 0. The molecular formula is C15H16FN3O4. The highest BCUT2D eigenvalue weighted by molar-refractivity contribution is 6.10. The SMILES string of the molecule is O=C(CN1C(=O)NC2(CCOCC2)C1=O)Nc1cccc(F)c1. The van der Waals surface area contributed by atoms with Gasteiger partial charge in [-0.1, -0.05) is 6.07 Å². The van der Waals surface area contributed by atoms with Crippen LogP contribution in [0.3, 0.4) is 0 Å². The van der Waals surface area contributed by atoms with Crippen LogP contribution in [0.2, 0.25) is 0 Å². The molecule has 0 bridgehead atoms. The Balaban J connectivity index is 1.66. The first-order valence-electron chi connectivity index (χ1n) is 7.27. The van der Waals surface area contributed by atoms with E-state index in [0.717, 1.165) is 11.0 Å². The van der Waals surface area contributed by atoms with Crippen LogP contribution in [0.5, 0.6) is 0 Å². The molecular weight excluding hydrogens is 305 g/mol. The van der Waals surface area contributed by atoms with Crippen molar-refractivity contribution in [1.82, 2.24) is 10.2 Å². The summed E-state index contributed by atoms with van der Waals surface area (Å²) >= 11 is 0. The summed E-state index contributed by atoms with van der Waals surface area (Å²) in [5.41, 5.74) is -0.697. The standard InChI is InChI=1S/C15H16FN3O4/c16-10-2-1-3-11(8-10)17-12(20)9-19-13(21)15(18-14(19)22)4-6-23-7-5-15/h1-3,8H,4-7,9H2,(H,17,20)(H,18,22). The molecule has 7 nitrogen and oxygen atoms in total. The molecule has 0 saturated carbocycles. The predicted octanol–water partition coefficient (Wildman–Crippen LogP) is 0.865. The van der Waals surface area contributed by atoms with Gasteiger partial charge in [-0.25, -0.2) is 9.18 Å². The van der Waals surface area contributed by atoms with Crippen molar-refractivity contribution in [2.75, 3.05) is 25.1 Å². The molecule has 3 rings (SSSR count). The van der Waals surface area contributed by atoms with Gasteiger partial charge in [-0.15, -0.1) is 0 Å². The van der Waals surface area contributed by atoms with Gasteiger partial charge in [0.05, 0.1) is 0 Å². The van der Waals surface area contributed by atoms with Crippen molar-refractivity contribution in [2.45, 2.75) is 18.4 Å². The Kier molecular flexibility index (Phi) is 3.99. The number of halogens is 1. The molecule has 1 spiro atoms. The van der Waals surface area contributed by atoms with E-state index < -0.39 is 35.7 Å². The largest absolute Gasteiger partial charge is 0.381 e. The van der Waals surface area contributed by atoms with Gasteiger partial charge < -0.3 is 15.4 Å². The summed E-state index contributed by atoms with van der Waals surface area (Å²) in [6.07, 6.45) is 0.777. The summed E-state index contributed by atoms with van der Waals surface area (Å²) in [5.74, 6) is -1.47. The average molecular weight is 321 g/mol. The lowest BCUT2D eigenvalue weighted by Gasteiger charge is -2.30. The molecule has 2 aliphatic rings. The number of imide groups is 1. The summed E-state index contributed by atoms with van der Waals surface area (Å²) in [6.45, 7) is 0.356. The van der Waals surface area contributed by atoms with Gasteiger partial charge in [0.2, 0.25) is 5.91 Å². The molecule has 2 heterocycles. The molecule has 1 aromatic rings. The summed E-state index contributed by atoms with van der Waals surface area (Å²) < 4.78 is 18.3. The normalized spacial score (nSPS) is 19.8. The smallest absolute Gasteiger partial charge is 0.325 e. The second-order valence-corrected chi connectivity index (χ2v) is 5.57. The Labute approximate surface area is 131 Å². The van der Waals surface area contributed by atoms with Crippen LogP contribution in [0.15, 0.2) is 24.3 Å². The average Bonchev–Trinajstić information content (AvgIpc) is 2.72. The van der Waals surface area contributed by atoms with E-state index in [1.165, 1.54) is 18.2 Å². The zero-order valence-electron chi connectivity index (χ0n) is 12.3. The molecule has 122 valence electrons. The van der Waals surface area contributed by atoms with Crippen LogP contribution < -0.4 is 10.6 Å². The third-order valence-electron chi connectivity index (χ3n) is 4.00. The molecule has 0 radical (unpaired) electrons. The first kappa shape index (κ1) is 15.4. The molecule has 0 aromatic heterocycles. The van der Waals surface area contributed by atoms with Crippen LogP contribution in [0.25, 0.3) is 0 Å². The fourth-order valence-corrected chi connectivity index (χ4v) is 2.79. The molecule has 23 heavy (non-hydrogen) atoms. The van der Waals surface area contributed by atoms with Crippen molar-refractivity contribution >= 4 is 23.5 Å². The van der Waals surface area contributed by atoms with Gasteiger partial charge in [0.1, 0.15) is 17.9 Å². The number of amides is 4. The van der Waals surface area contributed by atoms with Gasteiger partial charge in [-0.3, -0.25) is 14.5 Å². The lowest BCUT2D eigenvalue weighted by Crippen LogP contribution is -2.51. The van der Waals surface area contributed by atoms with Crippen LogP contribution >= 0.6 is 0 Å². The summed E-state index contributed by atoms with van der Waals surface area (Å²) in [6, 6.07) is 4.79. The topological polar surface area (TPSA) is 87.7 Å². The maximum atomic E-state index is 13.1. The van der Waals surface area contributed by atoms with Gasteiger partial charge in [0.15, 0.2) is 0 Å². The van der Waals surface area contributed by atoms with Crippen LogP contribution in [0.4, 0.5) is 14.9 Å². The van der Waals surface area contributed by atoms with Crippen molar-refractivity contribution < 1.29 is 23.5 Å². The van der Waals surface area contributed by atoms with Crippen LogP contribution in [0, 0.1) is 5.82 Å². The zero-order valence-corrected chi connectivity index (χ0v) is 12.3. The molecule has 0 aliphatic carbocycles. The molecule has 2 saturated heterocycles. The second kappa shape index (κ2) is 5.96. The minimum Gasteiger partial charge on any atom is -0.381 e. The fourth-order valence-electron chi connectivity index (χ4n) is 2.79. The molecule has 8 heteroatoms. The van der Waals surface area contributed by atoms with Crippen LogP contribution in [-0.2, 0) is 14.3 Å². The molecule has 2 N–H and O–H groups in total. The zero-order chi connectivity index (χ0) is 16.4. The van der Waals surface area contributed by atoms with Crippen molar-refractivity contribution in [3.05, 3.63) is 30.1 Å². The Morgan fingerprint density at radius 1 is 1.35 bits per heavy atom. The third kappa shape index (κ3) is 3.02. The fraction of sp³-hybridized carbons (Fsp3) is 0.400. The quantitative estimate of drug-likeness (QED) is 0.809. The summed E-state index contributed by atoms with van der Waals surface area (Å²) in [4.78, 5) is 37.4. The number of carbonyl (C=O) groups is 3. The number of hydrogen-bond donors (Lipinski definition) is 2. The Morgan fingerprint density at radius 2 is 2.09 bits per heavy atom. The first-order valence-corrected chi connectivity index (χ1v) is 7.27. The highest BCUT2D eigenvalue weighted by Crippen LogP contribution is 2.28. The van der Waals surface area contributed by atoms with Crippen LogP contribution in [0.1, 0.15) is 12.8 Å². The van der Waals surface area contributed by atoms with E-state index in [1.54, 1.807) is 0 Å². The minimum absolute atomic E-state index is 0.267. The van der Waals surface area contributed by atoms with Crippen molar-refractivity contribution in [1.29, 1.82) is 0 Å². The van der Waals surface area contributed by atoms with Gasteiger partial charge in [-0.2, -0.15) is 0 Å². The van der Waals surface area contributed by atoms with E-state index in [9.17, 15) is 18.8 Å². The number of urea groups is 1. The maximum absolute atomic E-state index is 13.1. The van der Waals surface area contributed by atoms with E-state index in [1.807, 2.05) is 0 Å². The number of nitrogens with zero attached hydrogens (tertiary/aromatic N) is 1. The first-order chi connectivity index (χ1) is 11.0. The van der Waals surface area contributed by atoms with Gasteiger partial charge in [-0.05, 0) is 18.2 Å². The molecule has 2 aliphatic heterocycles. The monoisotopic (exact) mass is 321 g/mol. The number of nitrogens with one attached hydrogen (secondary N) is 2.